The molecule has 0 N–H and O–H groups in total. The Bertz CT molecular complexity index is 450. The second kappa shape index (κ2) is 5.95. The average Bonchev–Trinajstić information content (AvgIpc) is 2.42. The minimum atomic E-state index is -4.19. The highest BCUT2D eigenvalue weighted by atomic mass is 28.4. The van der Waals surface area contributed by atoms with Crippen molar-refractivity contribution in [3.8, 4) is 0 Å². The summed E-state index contributed by atoms with van der Waals surface area (Å²) in [6.45, 7) is 1.37. The summed E-state index contributed by atoms with van der Waals surface area (Å²) in [4.78, 5) is 0. The summed E-state index contributed by atoms with van der Waals surface area (Å²) in [6.07, 6.45) is 0. The molecule has 0 aliphatic heterocycles. The van der Waals surface area contributed by atoms with Crippen LogP contribution >= 0.6 is 0 Å². The molecule has 0 amide bonds. The van der Waals surface area contributed by atoms with Gasteiger partial charge >= 0.3 is 8.80 Å². The van der Waals surface area contributed by atoms with Gasteiger partial charge in [0.2, 0.25) is 5.82 Å². The van der Waals surface area contributed by atoms with Gasteiger partial charge in [-0.25, -0.2) is 22.0 Å². The molecule has 0 fully saturated rings. The summed E-state index contributed by atoms with van der Waals surface area (Å²) in [5, 5.41) is -1.20. The van der Waals surface area contributed by atoms with E-state index < -0.39 is 43.1 Å². The van der Waals surface area contributed by atoms with E-state index >= 15 is 0 Å². The van der Waals surface area contributed by atoms with Gasteiger partial charge in [0.15, 0.2) is 23.3 Å². The van der Waals surface area contributed by atoms with Crippen LogP contribution in [0.2, 0.25) is 0 Å². The minimum absolute atomic E-state index is 0.0899. The van der Waals surface area contributed by atoms with Crippen LogP contribution in [0.15, 0.2) is 0 Å². The van der Waals surface area contributed by atoms with E-state index in [-0.39, 0.29) is 6.61 Å². The lowest BCUT2D eigenvalue weighted by Crippen LogP contribution is -2.58. The SMILES string of the molecule is CCO[Si](OC)(OC)c1c(F)c(F)c(F)c(F)c1F. The van der Waals surface area contributed by atoms with Crippen molar-refractivity contribution >= 4 is 14.0 Å². The smallest absolute Gasteiger partial charge is 0.373 e. The van der Waals surface area contributed by atoms with E-state index in [4.69, 9.17) is 13.3 Å². The highest BCUT2D eigenvalue weighted by molar-refractivity contribution is 6.75. The zero-order valence-corrected chi connectivity index (χ0v) is 11.3. The molecular formula is C10H11F5O3Si. The Labute approximate surface area is 107 Å². The maximum atomic E-state index is 13.7. The fourth-order valence-corrected chi connectivity index (χ4v) is 3.63. The van der Waals surface area contributed by atoms with Gasteiger partial charge in [0.25, 0.3) is 0 Å². The average molecular weight is 302 g/mol. The molecule has 0 atom stereocenters. The van der Waals surface area contributed by atoms with Crippen LogP contribution in [0.5, 0.6) is 0 Å². The zero-order valence-electron chi connectivity index (χ0n) is 10.3. The molecule has 0 heterocycles. The Morgan fingerprint density at radius 2 is 1.16 bits per heavy atom. The van der Waals surface area contributed by atoms with E-state index in [9.17, 15) is 22.0 Å². The molecule has 9 heteroatoms. The third-order valence-electron chi connectivity index (χ3n) is 2.39. The topological polar surface area (TPSA) is 27.7 Å². The summed E-state index contributed by atoms with van der Waals surface area (Å²) in [6, 6.07) is 0. The molecule has 0 saturated carbocycles. The lowest BCUT2D eigenvalue weighted by molar-refractivity contribution is 0.117. The normalized spacial score (nSPS) is 12.0. The van der Waals surface area contributed by atoms with Crippen LogP contribution in [0.4, 0.5) is 22.0 Å². The van der Waals surface area contributed by atoms with Crippen LogP contribution in [0, 0.1) is 29.1 Å². The van der Waals surface area contributed by atoms with Gasteiger partial charge in [-0.1, -0.05) is 0 Å². The maximum absolute atomic E-state index is 13.7. The van der Waals surface area contributed by atoms with Crippen molar-refractivity contribution < 1.29 is 35.2 Å². The van der Waals surface area contributed by atoms with Crippen molar-refractivity contribution in [3.05, 3.63) is 29.1 Å². The molecule has 0 aromatic heterocycles. The van der Waals surface area contributed by atoms with Crippen molar-refractivity contribution in [2.45, 2.75) is 6.92 Å². The highest BCUT2D eigenvalue weighted by Gasteiger charge is 2.49. The van der Waals surface area contributed by atoms with Gasteiger partial charge in [-0.3, -0.25) is 0 Å². The molecule has 0 saturated heterocycles. The van der Waals surface area contributed by atoms with Crippen LogP contribution in [-0.4, -0.2) is 29.6 Å². The molecule has 1 aromatic rings. The minimum Gasteiger partial charge on any atom is -0.373 e. The Morgan fingerprint density at radius 3 is 1.47 bits per heavy atom. The largest absolute Gasteiger partial charge is 0.542 e. The first-order valence-corrected chi connectivity index (χ1v) is 6.84. The van der Waals surface area contributed by atoms with E-state index in [0.717, 1.165) is 14.2 Å². The van der Waals surface area contributed by atoms with Gasteiger partial charge in [0.05, 0.1) is 0 Å². The molecule has 3 nitrogen and oxygen atoms in total. The molecule has 0 radical (unpaired) electrons. The summed E-state index contributed by atoms with van der Waals surface area (Å²) in [5.74, 6) is -10.4. The molecule has 19 heavy (non-hydrogen) atoms. The van der Waals surface area contributed by atoms with Gasteiger partial charge < -0.3 is 13.3 Å². The van der Waals surface area contributed by atoms with E-state index in [1.165, 1.54) is 6.92 Å². The van der Waals surface area contributed by atoms with Gasteiger partial charge in [0, 0.05) is 20.8 Å². The molecule has 108 valence electrons. The van der Waals surface area contributed by atoms with Gasteiger partial charge in [-0.15, -0.1) is 0 Å². The second-order valence-corrected chi connectivity index (χ2v) is 6.06. The first-order chi connectivity index (χ1) is 8.86. The fraction of sp³-hybridized carbons (Fsp3) is 0.400. The van der Waals surface area contributed by atoms with E-state index in [2.05, 4.69) is 0 Å². The number of hydrogen-bond donors (Lipinski definition) is 0. The third kappa shape index (κ3) is 2.50. The predicted molar refractivity (Wildman–Crippen MR) is 57.3 cm³/mol. The molecule has 0 spiro atoms. The highest BCUT2D eigenvalue weighted by Crippen LogP contribution is 2.21. The van der Waals surface area contributed by atoms with E-state index in [1.54, 1.807) is 0 Å². The molecular weight excluding hydrogens is 291 g/mol. The van der Waals surface area contributed by atoms with Gasteiger partial charge in [-0.05, 0) is 6.92 Å². The van der Waals surface area contributed by atoms with Gasteiger partial charge in [0.1, 0.15) is 5.19 Å². The number of halogens is 5. The lowest BCUT2D eigenvalue weighted by atomic mass is 10.3. The van der Waals surface area contributed by atoms with Crippen molar-refractivity contribution in [1.82, 2.24) is 0 Å². The van der Waals surface area contributed by atoms with Crippen molar-refractivity contribution in [2.24, 2.45) is 0 Å². The Hall–Kier alpha value is -1.03. The molecule has 0 aliphatic carbocycles. The Balaban J connectivity index is 3.65. The Kier molecular flexibility index (Phi) is 5.02. The first kappa shape index (κ1) is 16.0. The summed E-state index contributed by atoms with van der Waals surface area (Å²) in [7, 11) is -2.18. The van der Waals surface area contributed by atoms with Crippen LogP contribution < -0.4 is 5.19 Å². The fourth-order valence-electron chi connectivity index (χ4n) is 1.54. The Morgan fingerprint density at radius 1 is 0.789 bits per heavy atom. The van der Waals surface area contributed by atoms with Crippen LogP contribution in [-0.2, 0) is 13.3 Å². The van der Waals surface area contributed by atoms with Crippen molar-refractivity contribution in [1.29, 1.82) is 0 Å². The maximum Gasteiger partial charge on any atom is 0.542 e. The number of hydrogen-bond acceptors (Lipinski definition) is 3. The monoisotopic (exact) mass is 302 g/mol. The van der Waals surface area contributed by atoms with E-state index in [0.29, 0.717) is 0 Å². The molecule has 0 aliphatic rings. The summed E-state index contributed by atoms with van der Waals surface area (Å²) in [5.41, 5.74) is 0. The van der Waals surface area contributed by atoms with Crippen molar-refractivity contribution in [2.75, 3.05) is 20.8 Å². The zero-order chi connectivity index (χ0) is 14.8. The standard InChI is InChI=1S/C10H11F5O3Si/c1-4-18-19(16-2,17-3)10-8(14)6(12)5(11)7(13)9(10)15/h4H2,1-3H3. The second-order valence-electron chi connectivity index (χ2n) is 3.34. The van der Waals surface area contributed by atoms with Crippen molar-refractivity contribution in [3.63, 3.8) is 0 Å². The number of rotatable bonds is 5. The number of benzene rings is 1. The van der Waals surface area contributed by atoms with E-state index in [1.807, 2.05) is 0 Å². The molecule has 0 bridgehead atoms. The summed E-state index contributed by atoms with van der Waals surface area (Å²) >= 11 is 0. The van der Waals surface area contributed by atoms with Crippen LogP contribution in [0.1, 0.15) is 6.92 Å². The van der Waals surface area contributed by atoms with Gasteiger partial charge in [-0.2, -0.15) is 0 Å². The lowest BCUT2D eigenvalue weighted by Gasteiger charge is -2.26. The quantitative estimate of drug-likeness (QED) is 0.360. The molecule has 1 rings (SSSR count). The molecule has 1 aromatic carbocycles. The van der Waals surface area contributed by atoms with Crippen LogP contribution in [0.3, 0.4) is 0 Å². The van der Waals surface area contributed by atoms with Crippen LogP contribution in [0.25, 0.3) is 0 Å². The third-order valence-corrected chi connectivity index (χ3v) is 5.18. The summed E-state index contributed by atoms with van der Waals surface area (Å²) < 4.78 is 81.1. The molecule has 0 unspecified atom stereocenters. The predicted octanol–water partition coefficient (Wildman–Crippen LogP) is 1.86. The first-order valence-electron chi connectivity index (χ1n) is 5.12.